The van der Waals surface area contributed by atoms with Crippen molar-refractivity contribution in [2.45, 2.75) is 25.7 Å². The van der Waals surface area contributed by atoms with E-state index in [1.165, 1.54) is 0 Å². The first-order valence-electron chi connectivity index (χ1n) is 6.78. The molecule has 0 aliphatic heterocycles. The Morgan fingerprint density at radius 2 is 1.86 bits per heavy atom. The molecular formula is C15H16N4O2S. The molecule has 0 bridgehead atoms. The molecule has 0 spiro atoms. The number of sulfonamides is 1. The van der Waals surface area contributed by atoms with Gasteiger partial charge in [-0.05, 0) is 44.5 Å². The topological polar surface area (TPSA) is 87.7 Å². The lowest BCUT2D eigenvalue weighted by molar-refractivity contribution is 0.600. The van der Waals surface area contributed by atoms with Gasteiger partial charge in [0.25, 0.3) is 10.0 Å². The van der Waals surface area contributed by atoms with Crippen molar-refractivity contribution in [2.75, 3.05) is 4.72 Å². The molecular weight excluding hydrogens is 300 g/mol. The van der Waals surface area contributed by atoms with Crippen LogP contribution >= 0.6 is 0 Å². The van der Waals surface area contributed by atoms with E-state index in [0.29, 0.717) is 16.6 Å². The molecule has 2 heterocycles. The highest BCUT2D eigenvalue weighted by atomic mass is 32.2. The molecule has 0 aliphatic carbocycles. The van der Waals surface area contributed by atoms with Gasteiger partial charge in [-0.3, -0.25) is 9.82 Å². The molecule has 0 amide bonds. The molecule has 0 atom stereocenters. The first kappa shape index (κ1) is 14.5. The van der Waals surface area contributed by atoms with Crippen molar-refractivity contribution in [3.05, 3.63) is 47.2 Å². The fourth-order valence-corrected chi connectivity index (χ4v) is 3.61. The number of benzene rings is 1. The standard InChI is InChI=1S/C15H16N4O2S/c1-9-4-7-13(10(2)8-9)22(20,21)19-15-12-6-5-11(3)16-14(12)17-18-15/h4-8H,1-3H3,(H2,16,17,18,19). The maximum atomic E-state index is 12.6. The number of aryl methyl sites for hydroxylation is 3. The molecule has 0 unspecified atom stereocenters. The third-order valence-electron chi connectivity index (χ3n) is 3.41. The van der Waals surface area contributed by atoms with Crippen molar-refractivity contribution in [3.8, 4) is 0 Å². The van der Waals surface area contributed by atoms with E-state index in [4.69, 9.17) is 0 Å². The Labute approximate surface area is 128 Å². The fraction of sp³-hybridized carbons (Fsp3) is 0.200. The van der Waals surface area contributed by atoms with Gasteiger partial charge in [-0.25, -0.2) is 13.4 Å². The highest BCUT2D eigenvalue weighted by Crippen LogP contribution is 2.24. The van der Waals surface area contributed by atoms with Gasteiger partial charge in [0.15, 0.2) is 11.5 Å². The van der Waals surface area contributed by atoms with Crippen LogP contribution in [0.1, 0.15) is 16.8 Å². The van der Waals surface area contributed by atoms with Gasteiger partial charge in [0.2, 0.25) is 0 Å². The Hall–Kier alpha value is -2.41. The van der Waals surface area contributed by atoms with Crippen LogP contribution in [0.5, 0.6) is 0 Å². The normalized spacial score (nSPS) is 11.8. The van der Waals surface area contributed by atoms with Crippen LogP contribution in [0, 0.1) is 20.8 Å². The Kier molecular flexibility index (Phi) is 3.37. The van der Waals surface area contributed by atoms with Gasteiger partial charge in [0.05, 0.1) is 10.3 Å². The van der Waals surface area contributed by atoms with Crippen molar-refractivity contribution in [1.82, 2.24) is 15.2 Å². The van der Waals surface area contributed by atoms with Gasteiger partial charge in [0.1, 0.15) is 0 Å². The second kappa shape index (κ2) is 5.10. The van der Waals surface area contributed by atoms with E-state index in [0.717, 1.165) is 11.3 Å². The van der Waals surface area contributed by atoms with Gasteiger partial charge < -0.3 is 0 Å². The summed E-state index contributed by atoms with van der Waals surface area (Å²) < 4.78 is 27.6. The average Bonchev–Trinajstić information content (AvgIpc) is 2.79. The van der Waals surface area contributed by atoms with Crippen LogP contribution in [0.4, 0.5) is 5.82 Å². The lowest BCUT2D eigenvalue weighted by Gasteiger charge is -2.09. The van der Waals surface area contributed by atoms with E-state index in [2.05, 4.69) is 19.9 Å². The fourth-order valence-electron chi connectivity index (χ4n) is 2.36. The van der Waals surface area contributed by atoms with Crippen LogP contribution in [-0.4, -0.2) is 23.6 Å². The molecule has 2 aromatic heterocycles. The maximum absolute atomic E-state index is 12.6. The van der Waals surface area contributed by atoms with E-state index >= 15 is 0 Å². The summed E-state index contributed by atoms with van der Waals surface area (Å²) in [4.78, 5) is 4.52. The monoisotopic (exact) mass is 316 g/mol. The Balaban J connectivity index is 2.03. The number of aromatic nitrogens is 3. The molecule has 3 aromatic rings. The SMILES string of the molecule is Cc1ccc(S(=O)(=O)Nc2n[nH]c3nc(C)ccc23)c(C)c1. The van der Waals surface area contributed by atoms with Gasteiger partial charge >= 0.3 is 0 Å². The molecule has 22 heavy (non-hydrogen) atoms. The predicted molar refractivity (Wildman–Crippen MR) is 85.4 cm³/mol. The minimum Gasteiger partial charge on any atom is -0.261 e. The highest BCUT2D eigenvalue weighted by molar-refractivity contribution is 7.92. The van der Waals surface area contributed by atoms with Crippen LogP contribution < -0.4 is 4.72 Å². The zero-order valence-corrected chi connectivity index (χ0v) is 13.3. The number of rotatable bonds is 3. The van der Waals surface area contributed by atoms with Crippen molar-refractivity contribution in [2.24, 2.45) is 0 Å². The Bertz CT molecular complexity index is 961. The zero-order chi connectivity index (χ0) is 15.9. The molecule has 114 valence electrons. The van der Waals surface area contributed by atoms with E-state index in [9.17, 15) is 8.42 Å². The van der Waals surface area contributed by atoms with E-state index in [1.54, 1.807) is 25.1 Å². The summed E-state index contributed by atoms with van der Waals surface area (Å²) in [7, 11) is -3.69. The van der Waals surface area contributed by atoms with Crippen LogP contribution in [-0.2, 0) is 10.0 Å². The van der Waals surface area contributed by atoms with Crippen LogP contribution in [0.3, 0.4) is 0 Å². The van der Waals surface area contributed by atoms with Crippen LogP contribution in [0.2, 0.25) is 0 Å². The second-order valence-corrected chi connectivity index (χ2v) is 6.95. The molecule has 7 heteroatoms. The summed E-state index contributed by atoms with van der Waals surface area (Å²) in [6.07, 6.45) is 0. The van der Waals surface area contributed by atoms with Gasteiger partial charge in [-0.2, -0.15) is 5.10 Å². The third-order valence-corrected chi connectivity index (χ3v) is 4.91. The lowest BCUT2D eigenvalue weighted by Crippen LogP contribution is -2.14. The Morgan fingerprint density at radius 3 is 2.59 bits per heavy atom. The molecule has 6 nitrogen and oxygen atoms in total. The van der Waals surface area contributed by atoms with Crippen molar-refractivity contribution >= 4 is 26.9 Å². The quantitative estimate of drug-likeness (QED) is 0.777. The summed E-state index contributed by atoms with van der Waals surface area (Å²) in [5.41, 5.74) is 3.10. The van der Waals surface area contributed by atoms with Crippen LogP contribution in [0.15, 0.2) is 35.2 Å². The number of aromatic amines is 1. The third kappa shape index (κ3) is 2.55. The molecule has 0 saturated heterocycles. The molecule has 2 N–H and O–H groups in total. The second-order valence-electron chi connectivity index (χ2n) is 5.30. The molecule has 0 saturated carbocycles. The minimum absolute atomic E-state index is 0.245. The van der Waals surface area contributed by atoms with Gasteiger partial charge in [-0.1, -0.05) is 17.7 Å². The summed E-state index contributed by atoms with van der Waals surface area (Å²) >= 11 is 0. The number of hydrogen-bond donors (Lipinski definition) is 2. The average molecular weight is 316 g/mol. The number of pyridine rings is 1. The Morgan fingerprint density at radius 1 is 1.09 bits per heavy atom. The van der Waals surface area contributed by atoms with Crippen LogP contribution in [0.25, 0.3) is 11.0 Å². The van der Waals surface area contributed by atoms with E-state index < -0.39 is 10.0 Å². The zero-order valence-electron chi connectivity index (χ0n) is 12.5. The first-order valence-corrected chi connectivity index (χ1v) is 8.27. The maximum Gasteiger partial charge on any atom is 0.263 e. The van der Waals surface area contributed by atoms with Crippen molar-refractivity contribution < 1.29 is 8.42 Å². The number of nitrogens with zero attached hydrogens (tertiary/aromatic N) is 2. The molecule has 0 fully saturated rings. The number of fused-ring (bicyclic) bond motifs is 1. The molecule has 0 radical (unpaired) electrons. The van der Waals surface area contributed by atoms with Crippen molar-refractivity contribution in [3.63, 3.8) is 0 Å². The molecule has 1 aromatic carbocycles. The number of anilines is 1. The van der Waals surface area contributed by atoms with Gasteiger partial charge in [-0.15, -0.1) is 0 Å². The molecule has 0 aliphatic rings. The lowest BCUT2D eigenvalue weighted by atomic mass is 10.2. The smallest absolute Gasteiger partial charge is 0.261 e. The number of H-pyrrole nitrogens is 1. The summed E-state index contributed by atoms with van der Waals surface area (Å²) in [6, 6.07) is 8.81. The van der Waals surface area contributed by atoms with Crippen molar-refractivity contribution in [1.29, 1.82) is 0 Å². The van der Waals surface area contributed by atoms with E-state index in [-0.39, 0.29) is 10.7 Å². The number of hydrogen-bond acceptors (Lipinski definition) is 4. The molecule has 3 rings (SSSR count). The summed E-state index contributed by atoms with van der Waals surface area (Å²) in [5.74, 6) is 0.252. The predicted octanol–water partition coefficient (Wildman–Crippen LogP) is 2.68. The number of nitrogens with one attached hydrogen (secondary N) is 2. The van der Waals surface area contributed by atoms with Gasteiger partial charge in [0, 0.05) is 5.69 Å². The first-order chi connectivity index (χ1) is 10.4. The minimum atomic E-state index is -3.69. The van der Waals surface area contributed by atoms with E-state index in [1.807, 2.05) is 26.0 Å². The highest BCUT2D eigenvalue weighted by Gasteiger charge is 2.19. The summed E-state index contributed by atoms with van der Waals surface area (Å²) in [6.45, 7) is 5.56. The largest absolute Gasteiger partial charge is 0.263 e. The summed E-state index contributed by atoms with van der Waals surface area (Å²) in [5, 5.41) is 7.39.